The SMILES string of the molecule is COc1ccc(C)c2sc(N(CCN(C)C)C(=O)[C@H]3COc4ccccc4O3)nc12. The minimum absolute atomic E-state index is 0.165. The zero-order valence-electron chi connectivity index (χ0n) is 17.5. The predicted molar refractivity (Wildman–Crippen MR) is 118 cm³/mol. The van der Waals surface area contributed by atoms with Gasteiger partial charge in [-0.05, 0) is 44.8 Å². The average molecular weight is 428 g/mol. The first kappa shape index (κ1) is 20.4. The molecule has 1 amide bonds. The topological polar surface area (TPSA) is 64.1 Å². The van der Waals surface area contributed by atoms with Gasteiger partial charge in [-0.3, -0.25) is 9.69 Å². The number of benzene rings is 2. The van der Waals surface area contributed by atoms with E-state index < -0.39 is 6.10 Å². The maximum absolute atomic E-state index is 13.5. The van der Waals surface area contributed by atoms with Crippen molar-refractivity contribution in [3.05, 3.63) is 42.0 Å². The zero-order chi connectivity index (χ0) is 21.3. The van der Waals surface area contributed by atoms with E-state index in [-0.39, 0.29) is 12.5 Å². The van der Waals surface area contributed by atoms with Crippen LogP contribution in [-0.2, 0) is 4.79 Å². The number of para-hydroxylation sites is 2. The number of aryl methyl sites for hydroxylation is 1. The van der Waals surface area contributed by atoms with E-state index in [1.54, 1.807) is 12.0 Å². The van der Waals surface area contributed by atoms with Crippen LogP contribution in [0.1, 0.15) is 5.56 Å². The van der Waals surface area contributed by atoms with Gasteiger partial charge in [0.1, 0.15) is 17.9 Å². The molecule has 7 nitrogen and oxygen atoms in total. The number of amides is 1. The number of hydrogen-bond donors (Lipinski definition) is 0. The fraction of sp³-hybridized carbons (Fsp3) is 0.364. The van der Waals surface area contributed by atoms with Gasteiger partial charge < -0.3 is 19.1 Å². The van der Waals surface area contributed by atoms with Crippen molar-refractivity contribution in [1.29, 1.82) is 0 Å². The normalized spacial score (nSPS) is 15.4. The lowest BCUT2D eigenvalue weighted by atomic mass is 10.2. The highest BCUT2D eigenvalue weighted by atomic mass is 32.1. The van der Waals surface area contributed by atoms with Crippen LogP contribution in [0.5, 0.6) is 17.2 Å². The number of aromatic nitrogens is 1. The number of fused-ring (bicyclic) bond motifs is 2. The summed E-state index contributed by atoms with van der Waals surface area (Å²) in [5.74, 6) is 1.77. The third-order valence-electron chi connectivity index (χ3n) is 4.96. The molecule has 0 saturated heterocycles. The van der Waals surface area contributed by atoms with Gasteiger partial charge in [0.15, 0.2) is 16.6 Å². The third kappa shape index (κ3) is 3.93. The molecular weight excluding hydrogens is 402 g/mol. The van der Waals surface area contributed by atoms with Crippen molar-refractivity contribution in [3.8, 4) is 17.2 Å². The van der Waals surface area contributed by atoms with Crippen molar-refractivity contribution < 1.29 is 19.0 Å². The van der Waals surface area contributed by atoms with Crippen LogP contribution in [-0.4, -0.2) is 62.8 Å². The summed E-state index contributed by atoms with van der Waals surface area (Å²) in [5, 5.41) is 0.631. The van der Waals surface area contributed by atoms with Gasteiger partial charge in [-0.25, -0.2) is 4.98 Å². The molecule has 2 heterocycles. The second-order valence-corrected chi connectivity index (χ2v) is 8.39. The number of ether oxygens (including phenoxy) is 3. The van der Waals surface area contributed by atoms with Gasteiger partial charge in [-0.15, -0.1) is 0 Å². The number of carbonyl (C=O) groups is 1. The predicted octanol–water partition coefficient (Wildman–Crippen LogP) is 3.35. The Bertz CT molecular complexity index is 1070. The summed E-state index contributed by atoms with van der Waals surface area (Å²) in [6.07, 6.45) is -0.725. The number of nitrogens with zero attached hydrogens (tertiary/aromatic N) is 3. The summed E-state index contributed by atoms with van der Waals surface area (Å²) in [5.41, 5.74) is 1.87. The standard InChI is InChI=1S/C22H25N3O4S/c1-14-9-10-17(27-4)19-20(14)30-22(23-19)25(12-11-24(2)3)21(26)18-13-28-15-7-5-6-8-16(15)29-18/h5-10,18H,11-13H2,1-4H3/t18-/m1/s1. The second kappa shape index (κ2) is 8.49. The molecule has 0 saturated carbocycles. The van der Waals surface area contributed by atoms with Crippen LogP contribution in [0.4, 0.5) is 5.13 Å². The molecule has 1 atom stereocenters. The quantitative estimate of drug-likeness (QED) is 0.601. The van der Waals surface area contributed by atoms with Gasteiger partial charge in [-0.2, -0.15) is 0 Å². The summed E-state index contributed by atoms with van der Waals surface area (Å²) in [6.45, 7) is 3.39. The minimum atomic E-state index is -0.725. The molecule has 30 heavy (non-hydrogen) atoms. The van der Waals surface area contributed by atoms with Gasteiger partial charge in [0, 0.05) is 13.1 Å². The van der Waals surface area contributed by atoms with E-state index in [4.69, 9.17) is 19.2 Å². The van der Waals surface area contributed by atoms with Crippen LogP contribution < -0.4 is 19.1 Å². The number of carbonyl (C=O) groups excluding carboxylic acids is 1. The highest BCUT2D eigenvalue weighted by Gasteiger charge is 2.33. The van der Waals surface area contributed by atoms with E-state index in [0.717, 1.165) is 15.8 Å². The Balaban J connectivity index is 1.67. The average Bonchev–Trinajstić information content (AvgIpc) is 3.19. The summed E-state index contributed by atoms with van der Waals surface area (Å²) in [7, 11) is 5.58. The lowest BCUT2D eigenvalue weighted by molar-refractivity contribution is -0.127. The molecule has 0 aliphatic carbocycles. The van der Waals surface area contributed by atoms with Crippen LogP contribution in [0.25, 0.3) is 10.2 Å². The smallest absolute Gasteiger partial charge is 0.273 e. The molecule has 158 valence electrons. The highest BCUT2D eigenvalue weighted by molar-refractivity contribution is 7.22. The van der Waals surface area contributed by atoms with Gasteiger partial charge in [0.25, 0.3) is 5.91 Å². The first-order valence-corrected chi connectivity index (χ1v) is 10.6. The zero-order valence-corrected chi connectivity index (χ0v) is 18.4. The van der Waals surface area contributed by atoms with E-state index in [1.807, 2.05) is 62.3 Å². The van der Waals surface area contributed by atoms with Crippen molar-refractivity contribution in [2.75, 3.05) is 45.8 Å². The van der Waals surface area contributed by atoms with E-state index in [0.29, 0.717) is 35.5 Å². The Morgan fingerprint density at radius 2 is 1.97 bits per heavy atom. The molecule has 8 heteroatoms. The molecule has 3 aromatic rings. The molecule has 0 fully saturated rings. The lowest BCUT2D eigenvalue weighted by Gasteiger charge is -2.30. The van der Waals surface area contributed by atoms with Gasteiger partial charge in [-0.1, -0.05) is 29.5 Å². The van der Waals surface area contributed by atoms with Crippen molar-refractivity contribution in [1.82, 2.24) is 9.88 Å². The molecule has 0 radical (unpaired) electrons. The van der Waals surface area contributed by atoms with Crippen LogP contribution >= 0.6 is 11.3 Å². The summed E-state index contributed by atoms with van der Waals surface area (Å²) >= 11 is 1.49. The number of hydrogen-bond acceptors (Lipinski definition) is 7. The molecule has 0 N–H and O–H groups in total. The van der Waals surface area contributed by atoms with Crippen LogP contribution in [0.15, 0.2) is 36.4 Å². The highest BCUT2D eigenvalue weighted by Crippen LogP contribution is 2.37. The maximum atomic E-state index is 13.5. The van der Waals surface area contributed by atoms with Crippen molar-refractivity contribution in [2.24, 2.45) is 0 Å². The van der Waals surface area contributed by atoms with Crippen LogP contribution in [0, 0.1) is 6.92 Å². The Hall–Kier alpha value is -2.84. The van der Waals surface area contributed by atoms with Crippen molar-refractivity contribution >= 4 is 32.6 Å². The monoisotopic (exact) mass is 427 g/mol. The maximum Gasteiger partial charge on any atom is 0.273 e. The molecule has 0 bridgehead atoms. The summed E-state index contributed by atoms with van der Waals surface area (Å²) < 4.78 is 18.2. The first-order chi connectivity index (χ1) is 14.5. The van der Waals surface area contributed by atoms with E-state index in [1.165, 1.54) is 11.3 Å². The molecule has 1 aliphatic heterocycles. The number of anilines is 1. The van der Waals surface area contributed by atoms with E-state index >= 15 is 0 Å². The van der Waals surface area contributed by atoms with E-state index in [2.05, 4.69) is 0 Å². The molecule has 1 aromatic heterocycles. The van der Waals surface area contributed by atoms with Crippen LogP contribution in [0.2, 0.25) is 0 Å². The largest absolute Gasteiger partial charge is 0.494 e. The Labute approximate surface area is 179 Å². The van der Waals surface area contributed by atoms with Crippen molar-refractivity contribution in [3.63, 3.8) is 0 Å². The third-order valence-corrected chi connectivity index (χ3v) is 6.18. The molecule has 4 rings (SSSR count). The second-order valence-electron chi connectivity index (χ2n) is 7.42. The molecule has 0 unspecified atom stereocenters. The lowest BCUT2D eigenvalue weighted by Crippen LogP contribution is -2.48. The molecule has 1 aliphatic rings. The van der Waals surface area contributed by atoms with Gasteiger partial charge >= 0.3 is 0 Å². The van der Waals surface area contributed by atoms with Gasteiger partial charge in [0.05, 0.1) is 11.8 Å². The number of methoxy groups -OCH3 is 1. The molecular formula is C22H25N3O4S. The fourth-order valence-corrected chi connectivity index (χ4v) is 4.38. The summed E-state index contributed by atoms with van der Waals surface area (Å²) in [4.78, 5) is 22.0. The number of rotatable bonds is 6. The fourth-order valence-electron chi connectivity index (χ4n) is 3.29. The Morgan fingerprint density at radius 3 is 2.70 bits per heavy atom. The van der Waals surface area contributed by atoms with E-state index in [9.17, 15) is 4.79 Å². The summed E-state index contributed by atoms with van der Waals surface area (Å²) in [6, 6.07) is 11.3. The van der Waals surface area contributed by atoms with Crippen LogP contribution in [0.3, 0.4) is 0 Å². The first-order valence-electron chi connectivity index (χ1n) is 9.76. The Morgan fingerprint density at radius 1 is 1.20 bits per heavy atom. The van der Waals surface area contributed by atoms with Gasteiger partial charge in [0.2, 0.25) is 6.10 Å². The minimum Gasteiger partial charge on any atom is -0.494 e. The Kier molecular flexibility index (Phi) is 5.78. The number of thiazole rings is 1. The van der Waals surface area contributed by atoms with Crippen molar-refractivity contribution in [2.45, 2.75) is 13.0 Å². The molecule has 2 aromatic carbocycles. The number of likely N-dealkylation sites (N-methyl/N-ethyl adjacent to an activating group) is 1. The molecule has 0 spiro atoms.